The fraction of sp³-hybridized carbons (Fsp3) is 0.667. The van der Waals surface area contributed by atoms with Crippen molar-refractivity contribution >= 4 is 27.5 Å². The second-order valence-corrected chi connectivity index (χ2v) is 6.87. The van der Waals surface area contributed by atoms with Gasteiger partial charge in [0.15, 0.2) is 20.4 Å². The Balaban J connectivity index is 0.00000162. The molecule has 1 amide bonds. The van der Waals surface area contributed by atoms with Gasteiger partial charge in [-0.1, -0.05) is 0 Å². The summed E-state index contributed by atoms with van der Waals surface area (Å²) in [5.74, 6) is -3.10. The Morgan fingerprint density at radius 2 is 1.94 bits per heavy atom. The fourth-order valence-electron chi connectivity index (χ4n) is 2.41. The summed E-state index contributed by atoms with van der Waals surface area (Å²) in [6.45, 7) is 2.04. The molecule has 2 aliphatic heterocycles. The van der Waals surface area contributed by atoms with Crippen LogP contribution in [-0.2, 0) is 24.2 Å². The maximum absolute atomic E-state index is 12.1. The van der Waals surface area contributed by atoms with Crippen molar-refractivity contribution < 1.29 is 57.5 Å². The summed E-state index contributed by atoms with van der Waals surface area (Å²) in [7, 11) is -4.02. The van der Waals surface area contributed by atoms with E-state index in [2.05, 4.69) is 0 Å². The third-order valence-electron chi connectivity index (χ3n) is 3.62. The smallest absolute Gasteiger partial charge is 0.548 e. The average Bonchev–Trinajstić information content (AvgIpc) is 2.33. The summed E-state index contributed by atoms with van der Waals surface area (Å²) >= 11 is 0. The van der Waals surface area contributed by atoms with Crippen molar-refractivity contribution in [1.29, 1.82) is 0 Å². The molecule has 0 N–H and O–H groups in total. The van der Waals surface area contributed by atoms with Gasteiger partial charge in [0, 0.05) is 0 Å². The van der Waals surface area contributed by atoms with E-state index in [0.29, 0.717) is 0 Å². The Hall–Kier alpha value is -0.440. The van der Waals surface area contributed by atoms with Gasteiger partial charge in [-0.3, -0.25) is 9.59 Å². The summed E-state index contributed by atoms with van der Waals surface area (Å²) in [5.41, 5.74) is 0. The summed E-state index contributed by atoms with van der Waals surface area (Å²) in [5, 5.41) is 9.82. The molecule has 94 valence electrons. The number of nitrogens with zero attached hydrogens (tertiary/aromatic N) is 1. The van der Waals surface area contributed by atoms with Crippen LogP contribution >= 0.6 is 0 Å². The Morgan fingerprint density at radius 3 is 2.28 bits per heavy atom. The van der Waals surface area contributed by atoms with Crippen LogP contribution in [0.25, 0.3) is 0 Å². The zero-order chi connectivity index (χ0) is 13.2. The minimum atomic E-state index is -4.02. The van der Waals surface area contributed by atoms with Crippen LogP contribution in [0.2, 0.25) is 0 Å². The molecule has 2 heterocycles. The SMILES string of the molecule is CC(=O)[C@@]1(C)[C@H](C(=O)[O-])N2C(=O)C[C@H]2S1(=O)=O.[Na+]. The number of sulfone groups is 1. The topological polar surface area (TPSA) is 112 Å². The molecule has 3 atom stereocenters. The number of rotatable bonds is 2. The number of Topliss-reactive ketones (excluding diaryl/α,β-unsaturated/α-hetero) is 1. The third-order valence-corrected chi connectivity index (χ3v) is 6.42. The number of carboxylic acids is 1. The number of β-lactam (4-membered cyclic amide) rings is 1. The number of hydrogen-bond donors (Lipinski definition) is 0. The molecule has 0 saturated carbocycles. The first kappa shape index (κ1) is 15.6. The molecule has 2 fully saturated rings. The zero-order valence-corrected chi connectivity index (χ0v) is 13.0. The maximum atomic E-state index is 12.1. The van der Waals surface area contributed by atoms with Crippen molar-refractivity contribution in [2.24, 2.45) is 0 Å². The van der Waals surface area contributed by atoms with Crippen LogP contribution in [-0.4, -0.2) is 47.1 Å². The van der Waals surface area contributed by atoms with Gasteiger partial charge in [-0.25, -0.2) is 8.42 Å². The number of hydrogen-bond acceptors (Lipinski definition) is 6. The van der Waals surface area contributed by atoms with Crippen LogP contribution in [0.3, 0.4) is 0 Å². The Labute approximate surface area is 126 Å². The molecule has 0 bridgehead atoms. The number of amides is 1. The van der Waals surface area contributed by atoms with Crippen molar-refractivity contribution in [1.82, 2.24) is 4.90 Å². The van der Waals surface area contributed by atoms with Gasteiger partial charge in [0.1, 0.15) is 5.37 Å². The van der Waals surface area contributed by atoms with Crippen LogP contribution in [0.5, 0.6) is 0 Å². The number of carbonyl (C=O) groups is 3. The van der Waals surface area contributed by atoms with Crippen molar-refractivity contribution in [3.05, 3.63) is 0 Å². The quantitative estimate of drug-likeness (QED) is 0.369. The van der Waals surface area contributed by atoms with E-state index in [-0.39, 0.29) is 36.0 Å². The first-order chi connectivity index (χ1) is 7.65. The molecule has 2 rings (SSSR count). The second-order valence-electron chi connectivity index (χ2n) is 4.39. The Morgan fingerprint density at radius 1 is 1.44 bits per heavy atom. The number of carbonyl (C=O) groups excluding carboxylic acids is 3. The number of ketones is 1. The summed E-state index contributed by atoms with van der Waals surface area (Å²) in [4.78, 5) is 34.6. The second kappa shape index (κ2) is 4.29. The predicted molar refractivity (Wildman–Crippen MR) is 52.1 cm³/mol. The standard InChI is InChI=1S/C9H11NO6S.Na/c1-4(11)9(2)7(8(13)14)10-5(12)3-6(10)17(9,15)16;/h6-7H,3H2,1-2H3,(H,13,14);/q;+1/p-1/t6-,7+,9+;/m1./s1. The molecule has 9 heteroatoms. The third kappa shape index (κ3) is 1.52. The Kier molecular flexibility index (Phi) is 3.72. The molecular formula is C9H10NNaO6S. The van der Waals surface area contributed by atoms with Crippen molar-refractivity contribution in [2.45, 2.75) is 36.4 Å². The summed E-state index contributed by atoms with van der Waals surface area (Å²) in [6, 6.07) is -1.73. The molecule has 0 spiro atoms. The largest absolute Gasteiger partial charge is 1.00 e. The fourth-order valence-corrected chi connectivity index (χ4v) is 4.79. The van der Waals surface area contributed by atoms with E-state index in [1.54, 1.807) is 0 Å². The van der Waals surface area contributed by atoms with Crippen molar-refractivity contribution in [3.63, 3.8) is 0 Å². The van der Waals surface area contributed by atoms with Gasteiger partial charge in [-0.2, -0.15) is 0 Å². The number of carboxylic acid groups (broad SMARTS) is 1. The van der Waals surface area contributed by atoms with Crippen molar-refractivity contribution in [3.8, 4) is 0 Å². The van der Waals surface area contributed by atoms with Crippen LogP contribution < -0.4 is 34.7 Å². The molecule has 0 aromatic carbocycles. The predicted octanol–water partition coefficient (Wildman–Crippen LogP) is -5.56. The van der Waals surface area contributed by atoms with Crippen molar-refractivity contribution in [2.75, 3.05) is 0 Å². The first-order valence-corrected chi connectivity index (χ1v) is 6.47. The van der Waals surface area contributed by atoms with Gasteiger partial charge in [-0.05, 0) is 13.8 Å². The molecule has 0 unspecified atom stereocenters. The summed E-state index contributed by atoms with van der Waals surface area (Å²) in [6.07, 6.45) is -0.269. The number of aliphatic carboxylic acids is 1. The average molecular weight is 283 g/mol. The van der Waals surface area contributed by atoms with E-state index in [1.165, 1.54) is 0 Å². The normalized spacial score (nSPS) is 36.3. The van der Waals surface area contributed by atoms with Gasteiger partial charge in [-0.15, -0.1) is 0 Å². The zero-order valence-electron chi connectivity index (χ0n) is 10.2. The van der Waals surface area contributed by atoms with Gasteiger partial charge in [0.25, 0.3) is 0 Å². The minimum Gasteiger partial charge on any atom is -0.548 e. The molecule has 18 heavy (non-hydrogen) atoms. The van der Waals surface area contributed by atoms with E-state index in [4.69, 9.17) is 0 Å². The monoisotopic (exact) mass is 283 g/mol. The molecule has 2 saturated heterocycles. The molecular weight excluding hydrogens is 273 g/mol. The van der Waals surface area contributed by atoms with Gasteiger partial charge < -0.3 is 14.8 Å². The van der Waals surface area contributed by atoms with Crippen LogP contribution in [0.15, 0.2) is 0 Å². The first-order valence-electron chi connectivity index (χ1n) is 4.92. The molecule has 7 nitrogen and oxygen atoms in total. The van der Waals surface area contributed by atoms with E-state index in [1.807, 2.05) is 0 Å². The molecule has 0 aromatic rings. The van der Waals surface area contributed by atoms with Crippen LogP contribution in [0, 0.1) is 0 Å². The van der Waals surface area contributed by atoms with E-state index < -0.39 is 43.7 Å². The van der Waals surface area contributed by atoms with E-state index in [0.717, 1.165) is 18.7 Å². The Bertz CT molecular complexity index is 543. The van der Waals surface area contributed by atoms with E-state index >= 15 is 0 Å². The molecule has 0 aromatic heterocycles. The molecule has 0 radical (unpaired) electrons. The van der Waals surface area contributed by atoms with Gasteiger partial charge >= 0.3 is 29.6 Å². The number of fused-ring (bicyclic) bond motifs is 1. The van der Waals surface area contributed by atoms with Gasteiger partial charge in [0.2, 0.25) is 5.91 Å². The molecule has 0 aliphatic carbocycles. The van der Waals surface area contributed by atoms with Crippen LogP contribution in [0.4, 0.5) is 0 Å². The van der Waals surface area contributed by atoms with E-state index in [9.17, 15) is 27.9 Å². The van der Waals surface area contributed by atoms with Gasteiger partial charge in [0.05, 0.1) is 18.4 Å². The minimum absolute atomic E-state index is 0. The summed E-state index contributed by atoms with van der Waals surface area (Å²) < 4.78 is 22.0. The molecule has 2 aliphatic rings. The van der Waals surface area contributed by atoms with Crippen LogP contribution in [0.1, 0.15) is 20.3 Å². The maximum Gasteiger partial charge on any atom is 1.00 e.